The van der Waals surface area contributed by atoms with Crippen molar-refractivity contribution in [2.24, 2.45) is 0 Å². The summed E-state index contributed by atoms with van der Waals surface area (Å²) in [7, 11) is 0. The Morgan fingerprint density at radius 2 is 2.00 bits per heavy atom. The smallest absolute Gasteiger partial charge is 0.275 e. The summed E-state index contributed by atoms with van der Waals surface area (Å²) in [6.07, 6.45) is 1.25. The molecule has 0 radical (unpaired) electrons. The molecule has 1 aliphatic heterocycles. The number of fused-ring (bicyclic) bond motifs is 3. The van der Waals surface area contributed by atoms with Crippen LogP contribution >= 0.6 is 15.9 Å². The number of rotatable bonds is 1. The Balaban J connectivity index is 0.000000526. The maximum Gasteiger partial charge on any atom is 0.275 e. The Kier molecular flexibility index (Phi) is 4.85. The first-order chi connectivity index (χ1) is 11.6. The first-order valence-corrected chi connectivity index (χ1v) is 8.52. The van der Waals surface area contributed by atoms with E-state index in [9.17, 15) is 4.79 Å². The maximum atomic E-state index is 12.3. The summed E-state index contributed by atoms with van der Waals surface area (Å²) in [4.78, 5) is 19.6. The van der Waals surface area contributed by atoms with E-state index in [1.165, 1.54) is 6.42 Å². The van der Waals surface area contributed by atoms with E-state index in [1.54, 1.807) is 12.1 Å². The number of halogens is 1. The highest BCUT2D eigenvalue weighted by Gasteiger charge is 2.19. The molecule has 4 rings (SSSR count). The van der Waals surface area contributed by atoms with Crippen molar-refractivity contribution in [2.45, 2.75) is 20.3 Å². The number of nitrogens with zero attached hydrogens (tertiary/aromatic N) is 1. The summed E-state index contributed by atoms with van der Waals surface area (Å²) < 4.78 is 11.6. The fraction of sp³-hybridized carbons (Fsp3) is 0.222. The number of H-pyrrole nitrogens is 1. The monoisotopic (exact) mass is 388 g/mol. The molecule has 6 heteroatoms. The molecule has 0 unspecified atom stereocenters. The van der Waals surface area contributed by atoms with Gasteiger partial charge in [0.15, 0.2) is 11.5 Å². The van der Waals surface area contributed by atoms with E-state index in [2.05, 4.69) is 39.7 Å². The molecule has 0 bridgehead atoms. The van der Waals surface area contributed by atoms with Crippen molar-refractivity contribution in [2.75, 3.05) is 6.79 Å². The first kappa shape index (κ1) is 16.5. The van der Waals surface area contributed by atoms with Gasteiger partial charge >= 0.3 is 0 Å². The fourth-order valence-electron chi connectivity index (χ4n) is 2.35. The average Bonchev–Trinajstić information content (AvgIpc) is 3.04. The SMILES string of the molecule is CCC.O=c1[nH]c2c3c(ccc2nc1-c1cccc(Br)c1)OCO3. The van der Waals surface area contributed by atoms with Gasteiger partial charge in [0.25, 0.3) is 5.56 Å². The van der Waals surface area contributed by atoms with Crippen molar-refractivity contribution in [1.29, 1.82) is 0 Å². The average molecular weight is 389 g/mol. The molecule has 0 fully saturated rings. The van der Waals surface area contributed by atoms with E-state index < -0.39 is 0 Å². The van der Waals surface area contributed by atoms with Gasteiger partial charge < -0.3 is 14.5 Å². The van der Waals surface area contributed by atoms with Crippen LogP contribution in [0, 0.1) is 0 Å². The largest absolute Gasteiger partial charge is 0.454 e. The molecule has 3 aromatic rings. The number of aromatic nitrogens is 2. The summed E-state index contributed by atoms with van der Waals surface area (Å²) in [5.41, 5.74) is 2.10. The van der Waals surface area contributed by atoms with Crippen molar-refractivity contribution in [3.05, 3.63) is 51.2 Å². The van der Waals surface area contributed by atoms with E-state index in [4.69, 9.17) is 9.47 Å². The van der Waals surface area contributed by atoms with Gasteiger partial charge in [-0.05, 0) is 24.3 Å². The van der Waals surface area contributed by atoms with Crippen LogP contribution in [0.15, 0.2) is 45.7 Å². The molecule has 0 spiro atoms. The Morgan fingerprint density at radius 1 is 1.21 bits per heavy atom. The third kappa shape index (κ3) is 3.14. The zero-order valence-electron chi connectivity index (χ0n) is 13.4. The molecule has 1 aromatic heterocycles. The zero-order chi connectivity index (χ0) is 17.1. The summed E-state index contributed by atoms with van der Waals surface area (Å²) in [5, 5.41) is 0. The Hall–Kier alpha value is -2.34. The third-order valence-corrected chi connectivity index (χ3v) is 3.79. The normalized spacial score (nSPS) is 12.0. The molecule has 0 atom stereocenters. The summed E-state index contributed by atoms with van der Waals surface area (Å²) in [6, 6.07) is 11.1. The van der Waals surface area contributed by atoms with Gasteiger partial charge in [-0.25, -0.2) is 4.98 Å². The van der Waals surface area contributed by atoms with Crippen LogP contribution in [-0.4, -0.2) is 16.8 Å². The molecule has 2 heterocycles. The Labute approximate surface area is 147 Å². The molecule has 0 saturated heterocycles. The molecular weight excluding hydrogens is 372 g/mol. The van der Waals surface area contributed by atoms with Gasteiger partial charge in [0.1, 0.15) is 11.2 Å². The van der Waals surface area contributed by atoms with Crippen LogP contribution in [0.5, 0.6) is 11.5 Å². The van der Waals surface area contributed by atoms with E-state index in [-0.39, 0.29) is 12.4 Å². The molecule has 1 N–H and O–H groups in total. The first-order valence-electron chi connectivity index (χ1n) is 7.72. The van der Waals surface area contributed by atoms with Gasteiger partial charge in [-0.15, -0.1) is 0 Å². The highest BCUT2D eigenvalue weighted by molar-refractivity contribution is 9.10. The number of nitrogens with one attached hydrogen (secondary N) is 1. The van der Waals surface area contributed by atoms with Crippen molar-refractivity contribution < 1.29 is 9.47 Å². The standard InChI is InChI=1S/C15H9BrN2O3.C3H8/c16-9-3-1-2-8(6-9)12-15(19)18-13-10(17-12)4-5-11-14(13)21-7-20-11;1-3-2/h1-6H,7H2,(H,18,19);3H2,1-2H3. The van der Waals surface area contributed by atoms with Crippen molar-refractivity contribution in [1.82, 2.24) is 9.97 Å². The summed E-state index contributed by atoms with van der Waals surface area (Å²) in [6.45, 7) is 4.41. The molecule has 1 aliphatic rings. The van der Waals surface area contributed by atoms with E-state index >= 15 is 0 Å². The second-order valence-corrected chi connectivity index (χ2v) is 6.24. The van der Waals surface area contributed by atoms with Crippen LogP contribution in [0.25, 0.3) is 22.3 Å². The number of aromatic amines is 1. The van der Waals surface area contributed by atoms with Crippen molar-refractivity contribution in [3.63, 3.8) is 0 Å². The van der Waals surface area contributed by atoms with Crippen LogP contribution in [-0.2, 0) is 0 Å². The predicted molar refractivity (Wildman–Crippen MR) is 97.6 cm³/mol. The zero-order valence-corrected chi connectivity index (χ0v) is 15.0. The molecule has 124 valence electrons. The van der Waals surface area contributed by atoms with E-state index in [1.807, 2.05) is 24.3 Å². The van der Waals surface area contributed by atoms with Gasteiger partial charge in [0, 0.05) is 10.0 Å². The fourth-order valence-corrected chi connectivity index (χ4v) is 2.75. The molecule has 0 aliphatic carbocycles. The highest BCUT2D eigenvalue weighted by Crippen LogP contribution is 2.37. The van der Waals surface area contributed by atoms with Crippen LogP contribution in [0.2, 0.25) is 0 Å². The second-order valence-electron chi connectivity index (χ2n) is 5.33. The molecule has 5 nitrogen and oxygen atoms in total. The van der Waals surface area contributed by atoms with Crippen LogP contribution in [0.3, 0.4) is 0 Å². The van der Waals surface area contributed by atoms with Gasteiger partial charge in [-0.1, -0.05) is 48.3 Å². The van der Waals surface area contributed by atoms with Crippen LogP contribution < -0.4 is 15.0 Å². The minimum atomic E-state index is -0.260. The van der Waals surface area contributed by atoms with E-state index in [0.717, 1.165) is 10.0 Å². The van der Waals surface area contributed by atoms with Crippen molar-refractivity contribution in [3.8, 4) is 22.8 Å². The predicted octanol–water partition coefficient (Wildman–Crippen LogP) is 4.50. The number of benzene rings is 2. The lowest BCUT2D eigenvalue weighted by molar-refractivity contribution is 0.174. The van der Waals surface area contributed by atoms with Crippen LogP contribution in [0.1, 0.15) is 20.3 Å². The molecule has 0 amide bonds. The Bertz CT molecular complexity index is 937. The minimum Gasteiger partial charge on any atom is -0.454 e. The number of ether oxygens (including phenoxy) is 2. The lowest BCUT2D eigenvalue weighted by Gasteiger charge is -2.05. The quantitative estimate of drug-likeness (QED) is 0.666. The van der Waals surface area contributed by atoms with Gasteiger partial charge in [-0.3, -0.25) is 4.79 Å². The topological polar surface area (TPSA) is 64.2 Å². The molecule has 2 aromatic carbocycles. The molecule has 0 saturated carbocycles. The third-order valence-electron chi connectivity index (χ3n) is 3.30. The maximum absolute atomic E-state index is 12.3. The number of hydrogen-bond donors (Lipinski definition) is 1. The van der Waals surface area contributed by atoms with Crippen LogP contribution in [0.4, 0.5) is 0 Å². The number of hydrogen-bond acceptors (Lipinski definition) is 4. The van der Waals surface area contributed by atoms with E-state index in [0.29, 0.717) is 28.2 Å². The van der Waals surface area contributed by atoms with Crippen molar-refractivity contribution >= 4 is 27.0 Å². The molecule has 24 heavy (non-hydrogen) atoms. The summed E-state index contributed by atoms with van der Waals surface area (Å²) in [5.74, 6) is 1.16. The Morgan fingerprint density at radius 3 is 2.75 bits per heavy atom. The van der Waals surface area contributed by atoms with Gasteiger partial charge in [0.05, 0.1) is 5.52 Å². The minimum absolute atomic E-state index is 0.157. The summed E-state index contributed by atoms with van der Waals surface area (Å²) >= 11 is 3.40. The molecular formula is C18H17BrN2O3. The lowest BCUT2D eigenvalue weighted by atomic mass is 10.1. The van der Waals surface area contributed by atoms with Gasteiger partial charge in [0.2, 0.25) is 6.79 Å². The second kappa shape index (κ2) is 7.05. The highest BCUT2D eigenvalue weighted by atomic mass is 79.9. The lowest BCUT2D eigenvalue weighted by Crippen LogP contribution is -2.11. The van der Waals surface area contributed by atoms with Gasteiger partial charge in [-0.2, -0.15) is 0 Å².